The molecular weight excluding hydrogens is 376 g/mol. The summed E-state index contributed by atoms with van der Waals surface area (Å²) in [5.41, 5.74) is 2.81. The molecule has 0 saturated carbocycles. The molecule has 1 aliphatic rings. The lowest BCUT2D eigenvalue weighted by Gasteiger charge is -2.20. The van der Waals surface area contributed by atoms with Gasteiger partial charge in [0.2, 0.25) is 5.95 Å². The van der Waals surface area contributed by atoms with Gasteiger partial charge in [-0.2, -0.15) is 4.98 Å². The molecule has 0 unspecified atom stereocenters. The highest BCUT2D eigenvalue weighted by molar-refractivity contribution is 6.30. The van der Waals surface area contributed by atoms with E-state index in [4.69, 9.17) is 16.3 Å². The summed E-state index contributed by atoms with van der Waals surface area (Å²) in [6.45, 7) is 0. The molecule has 0 bridgehead atoms. The van der Waals surface area contributed by atoms with Gasteiger partial charge in [0.05, 0.1) is 24.1 Å². The Balaban J connectivity index is 1.75. The van der Waals surface area contributed by atoms with E-state index in [1.54, 1.807) is 19.2 Å². The number of para-hydroxylation sites is 2. The van der Waals surface area contributed by atoms with Crippen LogP contribution < -0.4 is 15.4 Å². The molecule has 28 heavy (non-hydrogen) atoms. The van der Waals surface area contributed by atoms with E-state index >= 15 is 0 Å². The van der Waals surface area contributed by atoms with Crippen LogP contribution in [0.5, 0.6) is 5.75 Å². The van der Waals surface area contributed by atoms with Crippen molar-refractivity contribution < 1.29 is 9.53 Å². The van der Waals surface area contributed by atoms with Gasteiger partial charge in [-0.25, -0.2) is 4.98 Å². The van der Waals surface area contributed by atoms with Gasteiger partial charge < -0.3 is 15.4 Å². The van der Waals surface area contributed by atoms with Gasteiger partial charge >= 0.3 is 0 Å². The quantitative estimate of drug-likeness (QED) is 0.623. The summed E-state index contributed by atoms with van der Waals surface area (Å²) in [7, 11) is 1.61. The zero-order chi connectivity index (χ0) is 19.5. The van der Waals surface area contributed by atoms with Gasteiger partial charge in [-0.1, -0.05) is 29.8 Å². The van der Waals surface area contributed by atoms with Crippen LogP contribution in [-0.2, 0) is 6.42 Å². The third-order valence-electron chi connectivity index (χ3n) is 4.52. The second kappa shape index (κ2) is 7.86. The van der Waals surface area contributed by atoms with Crippen LogP contribution in [0, 0.1) is 0 Å². The van der Waals surface area contributed by atoms with Crippen molar-refractivity contribution in [2.45, 2.75) is 19.3 Å². The van der Waals surface area contributed by atoms with Crippen LogP contribution in [-0.4, -0.2) is 22.9 Å². The Kier molecular flexibility index (Phi) is 5.12. The number of rotatable bonds is 5. The number of anilines is 4. The van der Waals surface area contributed by atoms with Crippen molar-refractivity contribution >= 4 is 40.5 Å². The normalized spacial score (nSPS) is 13.0. The Morgan fingerprint density at radius 1 is 1.04 bits per heavy atom. The van der Waals surface area contributed by atoms with Gasteiger partial charge in [-0.15, -0.1) is 0 Å². The number of aryl methyl sites for hydroxylation is 1. The first-order valence-electron chi connectivity index (χ1n) is 9.01. The minimum absolute atomic E-state index is 0.0506. The second-order valence-electron chi connectivity index (χ2n) is 6.45. The van der Waals surface area contributed by atoms with E-state index in [2.05, 4.69) is 20.6 Å². The molecule has 1 aliphatic carbocycles. The Hall–Kier alpha value is -3.12. The summed E-state index contributed by atoms with van der Waals surface area (Å²) in [5, 5.41) is 7.04. The van der Waals surface area contributed by atoms with Crippen LogP contribution in [0.2, 0.25) is 5.02 Å². The molecule has 1 aromatic heterocycles. The average Bonchev–Trinajstić information content (AvgIpc) is 2.68. The van der Waals surface area contributed by atoms with Gasteiger partial charge in [0.1, 0.15) is 11.6 Å². The number of aromatic nitrogens is 2. The van der Waals surface area contributed by atoms with Crippen LogP contribution in [0.3, 0.4) is 0 Å². The van der Waals surface area contributed by atoms with Crippen molar-refractivity contribution in [1.29, 1.82) is 0 Å². The molecule has 4 rings (SSSR count). The zero-order valence-electron chi connectivity index (χ0n) is 15.3. The smallest absolute Gasteiger partial charge is 0.229 e. The standard InChI is InChI=1S/C21H19ClN4O2/c1-28-18-11-3-2-8-15(18)24-21-25-16-9-5-10-17(27)19(16)20(26-21)23-14-7-4-6-13(22)12-14/h2-4,6-8,11-12H,5,9-10H2,1H3,(H2,23,24,25,26). The zero-order valence-corrected chi connectivity index (χ0v) is 16.1. The largest absolute Gasteiger partial charge is 0.495 e. The number of methoxy groups -OCH3 is 1. The lowest BCUT2D eigenvalue weighted by Crippen LogP contribution is -2.18. The summed E-state index contributed by atoms with van der Waals surface area (Å²) in [5.74, 6) is 1.62. The van der Waals surface area contributed by atoms with E-state index in [0.717, 1.165) is 29.9 Å². The van der Waals surface area contributed by atoms with E-state index in [0.29, 0.717) is 34.5 Å². The molecule has 0 spiro atoms. The first-order chi connectivity index (χ1) is 13.6. The van der Waals surface area contributed by atoms with Crippen molar-refractivity contribution in [2.24, 2.45) is 0 Å². The number of nitrogens with one attached hydrogen (secondary N) is 2. The fourth-order valence-corrected chi connectivity index (χ4v) is 3.43. The number of carbonyl (C=O) groups excluding carboxylic acids is 1. The Morgan fingerprint density at radius 3 is 2.71 bits per heavy atom. The molecular formula is C21H19ClN4O2. The van der Waals surface area contributed by atoms with Crippen molar-refractivity contribution in [3.8, 4) is 5.75 Å². The second-order valence-corrected chi connectivity index (χ2v) is 6.89. The first kappa shape index (κ1) is 18.3. The van der Waals surface area contributed by atoms with Gasteiger partial charge in [0.15, 0.2) is 5.78 Å². The highest BCUT2D eigenvalue weighted by atomic mass is 35.5. The van der Waals surface area contributed by atoms with Gasteiger partial charge in [0, 0.05) is 17.1 Å². The monoisotopic (exact) mass is 394 g/mol. The van der Waals surface area contributed by atoms with E-state index in [-0.39, 0.29) is 5.78 Å². The van der Waals surface area contributed by atoms with Crippen molar-refractivity contribution in [1.82, 2.24) is 9.97 Å². The topological polar surface area (TPSA) is 76.1 Å². The molecule has 6 nitrogen and oxygen atoms in total. The maximum atomic E-state index is 12.5. The summed E-state index contributed by atoms with van der Waals surface area (Å²) in [6.07, 6.45) is 2.02. The Labute approximate surface area is 167 Å². The number of hydrogen-bond acceptors (Lipinski definition) is 6. The van der Waals surface area contributed by atoms with Crippen LogP contribution >= 0.6 is 11.6 Å². The Morgan fingerprint density at radius 2 is 1.89 bits per heavy atom. The van der Waals surface area contributed by atoms with Crippen molar-refractivity contribution in [2.75, 3.05) is 17.7 Å². The summed E-state index contributed by atoms with van der Waals surface area (Å²) >= 11 is 6.09. The summed E-state index contributed by atoms with van der Waals surface area (Å²) in [4.78, 5) is 21.7. The molecule has 0 aliphatic heterocycles. The van der Waals surface area contributed by atoms with Crippen LogP contribution in [0.4, 0.5) is 23.1 Å². The molecule has 2 N–H and O–H groups in total. The fraction of sp³-hybridized carbons (Fsp3) is 0.190. The summed E-state index contributed by atoms with van der Waals surface area (Å²) < 4.78 is 5.38. The number of benzene rings is 2. The highest BCUT2D eigenvalue weighted by Gasteiger charge is 2.25. The number of hydrogen-bond donors (Lipinski definition) is 2. The molecule has 0 radical (unpaired) electrons. The number of nitrogens with zero attached hydrogens (tertiary/aromatic N) is 2. The third kappa shape index (κ3) is 3.77. The molecule has 0 saturated heterocycles. The molecule has 7 heteroatoms. The lowest BCUT2D eigenvalue weighted by atomic mass is 9.95. The van der Waals surface area contributed by atoms with Crippen molar-refractivity contribution in [3.63, 3.8) is 0 Å². The SMILES string of the molecule is COc1ccccc1Nc1nc2c(c(Nc3cccc(Cl)c3)n1)C(=O)CCC2. The molecule has 1 heterocycles. The summed E-state index contributed by atoms with van der Waals surface area (Å²) in [6, 6.07) is 14.8. The number of halogens is 1. The van der Waals surface area contributed by atoms with E-state index < -0.39 is 0 Å². The molecule has 2 aromatic carbocycles. The predicted octanol–water partition coefficient (Wildman–Crippen LogP) is 5.14. The van der Waals surface area contributed by atoms with Crippen LogP contribution in [0.15, 0.2) is 48.5 Å². The fourth-order valence-electron chi connectivity index (χ4n) is 3.24. The number of ketones is 1. The van der Waals surface area contributed by atoms with Gasteiger partial charge in [-0.3, -0.25) is 4.79 Å². The average molecular weight is 395 g/mol. The third-order valence-corrected chi connectivity index (χ3v) is 4.76. The first-order valence-corrected chi connectivity index (χ1v) is 9.38. The van der Waals surface area contributed by atoms with Crippen LogP contribution in [0.1, 0.15) is 28.9 Å². The van der Waals surface area contributed by atoms with Crippen LogP contribution in [0.25, 0.3) is 0 Å². The van der Waals surface area contributed by atoms with E-state index in [1.807, 2.05) is 36.4 Å². The maximum absolute atomic E-state index is 12.5. The maximum Gasteiger partial charge on any atom is 0.229 e. The molecule has 3 aromatic rings. The van der Waals surface area contributed by atoms with Gasteiger partial charge in [-0.05, 0) is 43.2 Å². The number of Topliss-reactive ketones (excluding diaryl/α,β-unsaturated/α-hetero) is 1. The highest BCUT2D eigenvalue weighted by Crippen LogP contribution is 2.32. The van der Waals surface area contributed by atoms with E-state index in [9.17, 15) is 4.79 Å². The van der Waals surface area contributed by atoms with Gasteiger partial charge in [0.25, 0.3) is 0 Å². The molecule has 0 amide bonds. The number of fused-ring (bicyclic) bond motifs is 1. The lowest BCUT2D eigenvalue weighted by molar-refractivity contribution is 0.0972. The molecule has 0 fully saturated rings. The Bertz CT molecular complexity index is 1040. The van der Waals surface area contributed by atoms with Crippen molar-refractivity contribution in [3.05, 3.63) is 64.8 Å². The number of ether oxygens (including phenoxy) is 1. The minimum Gasteiger partial charge on any atom is -0.495 e. The molecule has 142 valence electrons. The minimum atomic E-state index is 0.0506. The van der Waals surface area contributed by atoms with E-state index in [1.165, 1.54) is 0 Å². The number of carbonyl (C=O) groups is 1. The molecule has 0 atom stereocenters. The predicted molar refractivity (Wildman–Crippen MR) is 110 cm³/mol.